The zero-order chi connectivity index (χ0) is 13.8. The van der Waals surface area contributed by atoms with Gasteiger partial charge in [-0.25, -0.2) is 0 Å². The van der Waals surface area contributed by atoms with Gasteiger partial charge in [-0.15, -0.1) is 12.4 Å². The molecule has 0 aliphatic carbocycles. The average Bonchev–Trinajstić information content (AvgIpc) is 2.75. The van der Waals surface area contributed by atoms with Gasteiger partial charge in [0.15, 0.2) is 0 Å². The van der Waals surface area contributed by atoms with Crippen LogP contribution in [-0.2, 0) is 7.05 Å². The molecule has 0 bridgehead atoms. The highest BCUT2D eigenvalue weighted by atomic mass is 35.5. The molecule has 20 heavy (non-hydrogen) atoms. The number of carbonyl (C=O) groups is 1. The Bertz CT molecular complexity index is 442. The average molecular weight is 320 g/mol. The summed E-state index contributed by atoms with van der Waals surface area (Å²) in [5.74, 6) is 0.100. The number of amides is 1. The van der Waals surface area contributed by atoms with Crippen molar-refractivity contribution in [2.75, 3.05) is 19.6 Å². The molecular formula is C14H23Cl2N3O. The van der Waals surface area contributed by atoms with E-state index in [-0.39, 0.29) is 18.3 Å². The number of aromatic nitrogens is 1. The van der Waals surface area contributed by atoms with Crippen molar-refractivity contribution in [1.82, 2.24) is 14.8 Å². The number of halogens is 2. The Labute approximate surface area is 131 Å². The van der Waals surface area contributed by atoms with Gasteiger partial charge in [0.1, 0.15) is 5.69 Å². The first kappa shape index (κ1) is 17.3. The van der Waals surface area contributed by atoms with Gasteiger partial charge in [0.2, 0.25) is 0 Å². The Kier molecular flexibility index (Phi) is 6.86. The van der Waals surface area contributed by atoms with Crippen molar-refractivity contribution in [1.29, 1.82) is 0 Å². The number of aryl methyl sites for hydroxylation is 1. The van der Waals surface area contributed by atoms with Gasteiger partial charge in [-0.1, -0.05) is 18.5 Å². The van der Waals surface area contributed by atoms with Crippen LogP contribution in [0.25, 0.3) is 0 Å². The number of carbonyl (C=O) groups excluding carboxylic acids is 1. The van der Waals surface area contributed by atoms with Crippen molar-refractivity contribution in [2.45, 2.75) is 32.2 Å². The minimum atomic E-state index is 0. The van der Waals surface area contributed by atoms with Gasteiger partial charge in [0.05, 0.1) is 5.02 Å². The molecule has 0 radical (unpaired) electrons. The van der Waals surface area contributed by atoms with Crippen molar-refractivity contribution in [3.63, 3.8) is 0 Å². The van der Waals surface area contributed by atoms with Crippen LogP contribution >= 0.6 is 24.0 Å². The standard InChI is InChI=1S/C14H22ClN3O.ClH/c1-3-8-18(12-4-6-16-7-5-12)14(19)13-9-11(15)10-17(13)2;/h9-10,12,16H,3-8H2,1-2H3;1H. The van der Waals surface area contributed by atoms with E-state index in [0.717, 1.165) is 38.9 Å². The maximum Gasteiger partial charge on any atom is 0.270 e. The molecule has 2 heterocycles. The lowest BCUT2D eigenvalue weighted by Gasteiger charge is -2.34. The van der Waals surface area contributed by atoms with E-state index in [1.165, 1.54) is 0 Å². The van der Waals surface area contributed by atoms with E-state index in [0.29, 0.717) is 16.8 Å². The molecule has 0 spiro atoms. The molecule has 1 saturated heterocycles. The largest absolute Gasteiger partial charge is 0.345 e. The van der Waals surface area contributed by atoms with Gasteiger partial charge < -0.3 is 14.8 Å². The van der Waals surface area contributed by atoms with E-state index >= 15 is 0 Å². The molecule has 4 nitrogen and oxygen atoms in total. The SMILES string of the molecule is CCCN(C(=O)c1cc(Cl)cn1C)C1CCNCC1.Cl. The van der Waals surface area contributed by atoms with E-state index < -0.39 is 0 Å². The summed E-state index contributed by atoms with van der Waals surface area (Å²) < 4.78 is 1.81. The highest BCUT2D eigenvalue weighted by Crippen LogP contribution is 2.19. The van der Waals surface area contributed by atoms with Gasteiger partial charge in [-0.3, -0.25) is 4.79 Å². The van der Waals surface area contributed by atoms with Crippen LogP contribution in [0.1, 0.15) is 36.7 Å². The van der Waals surface area contributed by atoms with E-state index in [1.807, 2.05) is 16.5 Å². The summed E-state index contributed by atoms with van der Waals surface area (Å²) in [5.41, 5.74) is 0.678. The third-order valence-electron chi connectivity index (χ3n) is 3.67. The minimum Gasteiger partial charge on any atom is -0.345 e. The van der Waals surface area contributed by atoms with Gasteiger partial charge in [-0.05, 0) is 38.4 Å². The molecule has 1 aliphatic rings. The Morgan fingerprint density at radius 2 is 2.15 bits per heavy atom. The number of nitrogens with one attached hydrogen (secondary N) is 1. The zero-order valence-corrected chi connectivity index (χ0v) is 13.6. The monoisotopic (exact) mass is 319 g/mol. The minimum absolute atomic E-state index is 0. The lowest BCUT2D eigenvalue weighted by molar-refractivity contribution is 0.0633. The molecule has 1 aromatic heterocycles. The number of piperidine rings is 1. The van der Waals surface area contributed by atoms with Crippen LogP contribution in [0.4, 0.5) is 0 Å². The molecule has 1 N–H and O–H groups in total. The normalized spacial score (nSPS) is 15.8. The van der Waals surface area contributed by atoms with Crippen LogP contribution in [0.3, 0.4) is 0 Å². The highest BCUT2D eigenvalue weighted by Gasteiger charge is 2.27. The molecule has 0 atom stereocenters. The first-order chi connectivity index (χ1) is 9.13. The number of hydrogen-bond acceptors (Lipinski definition) is 2. The van der Waals surface area contributed by atoms with Gasteiger partial charge in [-0.2, -0.15) is 0 Å². The van der Waals surface area contributed by atoms with Crippen LogP contribution in [0.2, 0.25) is 5.02 Å². The molecule has 1 amide bonds. The molecule has 2 rings (SSSR count). The summed E-state index contributed by atoms with van der Waals surface area (Å²) in [7, 11) is 1.87. The fourth-order valence-electron chi connectivity index (χ4n) is 2.69. The first-order valence-electron chi connectivity index (χ1n) is 6.97. The zero-order valence-electron chi connectivity index (χ0n) is 12.1. The van der Waals surface area contributed by atoms with Crippen LogP contribution < -0.4 is 5.32 Å². The van der Waals surface area contributed by atoms with Crippen LogP contribution in [0.15, 0.2) is 12.3 Å². The quantitative estimate of drug-likeness (QED) is 0.926. The molecule has 0 saturated carbocycles. The third-order valence-corrected chi connectivity index (χ3v) is 3.87. The summed E-state index contributed by atoms with van der Waals surface area (Å²) in [6.07, 6.45) is 4.82. The lowest BCUT2D eigenvalue weighted by atomic mass is 10.0. The van der Waals surface area contributed by atoms with E-state index in [2.05, 4.69) is 12.2 Å². The second-order valence-electron chi connectivity index (χ2n) is 5.13. The van der Waals surface area contributed by atoms with Gasteiger partial charge >= 0.3 is 0 Å². The van der Waals surface area contributed by atoms with Gasteiger partial charge in [0, 0.05) is 25.8 Å². The van der Waals surface area contributed by atoms with Crippen molar-refractivity contribution in [2.24, 2.45) is 7.05 Å². The molecular weight excluding hydrogens is 297 g/mol. The second kappa shape index (κ2) is 7.91. The smallest absolute Gasteiger partial charge is 0.270 e. The topological polar surface area (TPSA) is 37.3 Å². The summed E-state index contributed by atoms with van der Waals surface area (Å²) in [4.78, 5) is 14.7. The predicted molar refractivity (Wildman–Crippen MR) is 84.9 cm³/mol. The van der Waals surface area contributed by atoms with E-state index in [4.69, 9.17) is 11.6 Å². The molecule has 1 fully saturated rings. The lowest BCUT2D eigenvalue weighted by Crippen LogP contribution is -2.46. The molecule has 6 heteroatoms. The maximum atomic E-state index is 12.7. The van der Waals surface area contributed by atoms with Crippen molar-refractivity contribution in [3.05, 3.63) is 23.0 Å². The number of nitrogens with zero attached hydrogens (tertiary/aromatic N) is 2. The first-order valence-corrected chi connectivity index (χ1v) is 7.34. The van der Waals surface area contributed by atoms with Gasteiger partial charge in [0.25, 0.3) is 5.91 Å². The second-order valence-corrected chi connectivity index (χ2v) is 5.57. The Balaban J connectivity index is 0.00000200. The third kappa shape index (κ3) is 3.90. The highest BCUT2D eigenvalue weighted by molar-refractivity contribution is 6.31. The van der Waals surface area contributed by atoms with Crippen molar-refractivity contribution >= 4 is 29.9 Å². The summed E-state index contributed by atoms with van der Waals surface area (Å²) in [6.45, 7) is 4.91. The summed E-state index contributed by atoms with van der Waals surface area (Å²) >= 11 is 5.98. The summed E-state index contributed by atoms with van der Waals surface area (Å²) in [6, 6.07) is 2.11. The Morgan fingerprint density at radius 1 is 1.50 bits per heavy atom. The van der Waals surface area contributed by atoms with Crippen LogP contribution in [0.5, 0.6) is 0 Å². The van der Waals surface area contributed by atoms with E-state index in [1.54, 1.807) is 12.3 Å². The van der Waals surface area contributed by atoms with E-state index in [9.17, 15) is 4.79 Å². The summed E-state index contributed by atoms with van der Waals surface area (Å²) in [5, 5.41) is 3.96. The fourth-order valence-corrected chi connectivity index (χ4v) is 2.94. The van der Waals surface area contributed by atoms with Crippen LogP contribution in [0, 0.1) is 0 Å². The molecule has 1 aliphatic heterocycles. The predicted octanol–water partition coefficient (Wildman–Crippen LogP) is 2.70. The molecule has 114 valence electrons. The van der Waals surface area contributed by atoms with Crippen molar-refractivity contribution < 1.29 is 4.79 Å². The molecule has 0 aromatic carbocycles. The Hall–Kier alpha value is -0.710. The molecule has 0 unspecified atom stereocenters. The molecule has 1 aromatic rings. The van der Waals surface area contributed by atoms with Crippen LogP contribution in [-0.4, -0.2) is 41.1 Å². The maximum absolute atomic E-state index is 12.7. The fraction of sp³-hybridized carbons (Fsp3) is 0.643. The Morgan fingerprint density at radius 3 is 2.65 bits per heavy atom. The number of hydrogen-bond donors (Lipinski definition) is 1. The number of rotatable bonds is 4. The van der Waals surface area contributed by atoms with Crippen molar-refractivity contribution in [3.8, 4) is 0 Å².